The van der Waals surface area contributed by atoms with Gasteiger partial charge in [-0.3, -0.25) is 4.79 Å². The first-order chi connectivity index (χ1) is 11.9. The number of aryl methyl sites for hydroxylation is 1. The molecular weight excluding hydrogens is 316 g/mol. The molecule has 2 N–H and O–H groups in total. The van der Waals surface area contributed by atoms with E-state index < -0.39 is 0 Å². The van der Waals surface area contributed by atoms with E-state index in [0.717, 1.165) is 40.1 Å². The minimum atomic E-state index is -0.183. The Labute approximate surface area is 146 Å². The molecule has 0 fully saturated rings. The first-order valence-electron chi connectivity index (χ1n) is 8.14. The van der Waals surface area contributed by atoms with Gasteiger partial charge < -0.3 is 15.0 Å². The highest BCUT2D eigenvalue weighted by atomic mass is 16.5. The quantitative estimate of drug-likeness (QED) is 0.677. The van der Waals surface area contributed by atoms with Crippen molar-refractivity contribution in [3.05, 3.63) is 41.6 Å². The summed E-state index contributed by atoms with van der Waals surface area (Å²) >= 11 is 0. The summed E-state index contributed by atoms with van der Waals surface area (Å²) in [5.41, 5.74) is 4.46. The fourth-order valence-corrected chi connectivity index (χ4v) is 2.82. The highest BCUT2D eigenvalue weighted by Crippen LogP contribution is 2.30. The van der Waals surface area contributed by atoms with E-state index in [1.165, 1.54) is 0 Å². The van der Waals surface area contributed by atoms with Crippen molar-refractivity contribution in [3.8, 4) is 17.3 Å². The fourth-order valence-electron chi connectivity index (χ4n) is 2.82. The summed E-state index contributed by atoms with van der Waals surface area (Å²) in [6.07, 6.45) is 0.726. The molecule has 3 aromatic rings. The lowest BCUT2D eigenvalue weighted by Gasteiger charge is -2.24. The third-order valence-electron chi connectivity index (χ3n) is 4.34. The predicted octanol–water partition coefficient (Wildman–Crippen LogP) is 2.97. The number of aromatic amines is 1. The maximum absolute atomic E-state index is 10.6. The molecule has 0 radical (unpaired) electrons. The average Bonchev–Trinajstić information content (AvgIpc) is 3.02. The molecule has 2 heterocycles. The van der Waals surface area contributed by atoms with Crippen molar-refractivity contribution in [1.82, 2.24) is 20.3 Å². The Bertz CT molecular complexity index is 915. The van der Waals surface area contributed by atoms with E-state index in [0.29, 0.717) is 12.4 Å². The number of hydrogen-bond acceptors (Lipinski definition) is 4. The molecule has 0 saturated carbocycles. The van der Waals surface area contributed by atoms with Gasteiger partial charge in [0.25, 0.3) is 0 Å². The standard InChI is InChI=1S/C19H22N4O2/c1-12-5-7-14(18(21-12)25-4)17-22-15-8-6-13(9-16(15)23-17)19(2,3)10-20-11-24/h5-9,11H,10H2,1-4H3,(H,20,24)(H,22,23). The number of benzene rings is 1. The number of ether oxygens (including phenoxy) is 1. The van der Waals surface area contributed by atoms with E-state index in [-0.39, 0.29) is 5.41 Å². The Balaban J connectivity index is 2.02. The summed E-state index contributed by atoms with van der Waals surface area (Å²) in [7, 11) is 1.61. The van der Waals surface area contributed by atoms with Crippen molar-refractivity contribution in [3.63, 3.8) is 0 Å². The molecule has 3 rings (SSSR count). The Kier molecular flexibility index (Phi) is 4.44. The van der Waals surface area contributed by atoms with Gasteiger partial charge in [-0.25, -0.2) is 9.97 Å². The smallest absolute Gasteiger partial charge is 0.224 e. The van der Waals surface area contributed by atoms with E-state index in [1.54, 1.807) is 7.11 Å². The molecule has 1 aromatic carbocycles. The molecule has 0 spiro atoms. The zero-order valence-electron chi connectivity index (χ0n) is 14.9. The number of rotatable bonds is 6. The number of H-pyrrole nitrogens is 1. The largest absolute Gasteiger partial charge is 0.480 e. The van der Waals surface area contributed by atoms with Crippen LogP contribution in [0.5, 0.6) is 5.88 Å². The van der Waals surface area contributed by atoms with Gasteiger partial charge in [0.2, 0.25) is 12.3 Å². The lowest BCUT2D eigenvalue weighted by Crippen LogP contribution is -2.32. The lowest BCUT2D eigenvalue weighted by molar-refractivity contribution is -0.109. The van der Waals surface area contributed by atoms with Crippen LogP contribution in [0.1, 0.15) is 25.1 Å². The molecule has 6 heteroatoms. The van der Waals surface area contributed by atoms with Gasteiger partial charge in [0.1, 0.15) is 5.82 Å². The molecule has 6 nitrogen and oxygen atoms in total. The van der Waals surface area contributed by atoms with Gasteiger partial charge in [-0.15, -0.1) is 0 Å². The Hall–Kier alpha value is -2.89. The van der Waals surface area contributed by atoms with Crippen molar-refractivity contribution >= 4 is 17.4 Å². The number of aromatic nitrogens is 3. The van der Waals surface area contributed by atoms with Gasteiger partial charge >= 0.3 is 0 Å². The Morgan fingerprint density at radius 2 is 2.04 bits per heavy atom. The van der Waals surface area contributed by atoms with Gasteiger partial charge in [0.05, 0.1) is 23.7 Å². The number of nitrogens with one attached hydrogen (secondary N) is 2. The fraction of sp³-hybridized carbons (Fsp3) is 0.316. The van der Waals surface area contributed by atoms with Crippen molar-refractivity contribution in [2.75, 3.05) is 13.7 Å². The normalized spacial score (nSPS) is 11.5. The van der Waals surface area contributed by atoms with E-state index >= 15 is 0 Å². The van der Waals surface area contributed by atoms with Crippen LogP contribution < -0.4 is 10.1 Å². The second-order valence-electron chi connectivity index (χ2n) is 6.71. The number of amides is 1. The van der Waals surface area contributed by atoms with Crippen LogP contribution in [0.2, 0.25) is 0 Å². The van der Waals surface area contributed by atoms with E-state index in [4.69, 9.17) is 9.72 Å². The number of hydrogen-bond donors (Lipinski definition) is 2. The monoisotopic (exact) mass is 338 g/mol. The second kappa shape index (κ2) is 6.55. The zero-order valence-corrected chi connectivity index (χ0v) is 14.9. The number of pyridine rings is 1. The molecule has 0 aliphatic rings. The molecule has 0 aliphatic heterocycles. The number of carbonyl (C=O) groups is 1. The topological polar surface area (TPSA) is 79.9 Å². The molecular formula is C19H22N4O2. The summed E-state index contributed by atoms with van der Waals surface area (Å²) in [6, 6.07) is 10.0. The number of nitrogens with zero attached hydrogens (tertiary/aromatic N) is 2. The molecule has 130 valence electrons. The van der Waals surface area contributed by atoms with Crippen molar-refractivity contribution in [2.45, 2.75) is 26.2 Å². The summed E-state index contributed by atoms with van der Waals surface area (Å²) in [5, 5.41) is 2.75. The lowest BCUT2D eigenvalue weighted by atomic mass is 9.84. The summed E-state index contributed by atoms with van der Waals surface area (Å²) < 4.78 is 5.39. The molecule has 0 atom stereocenters. The SMILES string of the molecule is COc1nc(C)ccc1-c1nc2cc(C(C)(C)CNC=O)ccc2[nH]1. The van der Waals surface area contributed by atoms with Gasteiger partial charge in [-0.2, -0.15) is 0 Å². The van der Waals surface area contributed by atoms with Crippen LogP contribution in [0.4, 0.5) is 0 Å². The Morgan fingerprint density at radius 1 is 1.24 bits per heavy atom. The Morgan fingerprint density at radius 3 is 2.76 bits per heavy atom. The van der Waals surface area contributed by atoms with E-state index in [9.17, 15) is 4.79 Å². The van der Waals surface area contributed by atoms with Crippen LogP contribution in [-0.4, -0.2) is 35.0 Å². The van der Waals surface area contributed by atoms with Gasteiger partial charge in [0.15, 0.2) is 0 Å². The maximum atomic E-state index is 10.6. The van der Waals surface area contributed by atoms with Gasteiger partial charge in [0, 0.05) is 17.7 Å². The van der Waals surface area contributed by atoms with Gasteiger partial charge in [-0.1, -0.05) is 19.9 Å². The van der Waals surface area contributed by atoms with Crippen LogP contribution in [-0.2, 0) is 10.2 Å². The second-order valence-corrected chi connectivity index (χ2v) is 6.71. The van der Waals surface area contributed by atoms with Crippen LogP contribution in [0.3, 0.4) is 0 Å². The van der Waals surface area contributed by atoms with Crippen LogP contribution in [0, 0.1) is 6.92 Å². The number of carbonyl (C=O) groups excluding carboxylic acids is 1. The summed E-state index contributed by atoms with van der Waals surface area (Å²) in [5.74, 6) is 1.27. The molecule has 0 aliphatic carbocycles. The third kappa shape index (κ3) is 3.33. The van der Waals surface area contributed by atoms with E-state index in [2.05, 4.69) is 41.3 Å². The molecule has 1 amide bonds. The zero-order chi connectivity index (χ0) is 18.0. The van der Waals surface area contributed by atoms with E-state index in [1.807, 2.05) is 25.1 Å². The minimum absolute atomic E-state index is 0.183. The van der Waals surface area contributed by atoms with Crippen molar-refractivity contribution in [1.29, 1.82) is 0 Å². The summed E-state index contributed by atoms with van der Waals surface area (Å²) in [4.78, 5) is 23.0. The maximum Gasteiger partial charge on any atom is 0.224 e. The minimum Gasteiger partial charge on any atom is -0.480 e. The molecule has 2 aromatic heterocycles. The first kappa shape index (κ1) is 17.0. The van der Waals surface area contributed by atoms with Crippen molar-refractivity contribution in [2.24, 2.45) is 0 Å². The number of methoxy groups -OCH3 is 1. The number of fused-ring (bicyclic) bond motifs is 1. The van der Waals surface area contributed by atoms with Crippen LogP contribution in [0.15, 0.2) is 30.3 Å². The molecule has 25 heavy (non-hydrogen) atoms. The first-order valence-corrected chi connectivity index (χ1v) is 8.14. The van der Waals surface area contributed by atoms with Crippen LogP contribution in [0.25, 0.3) is 22.4 Å². The molecule has 0 bridgehead atoms. The molecule has 0 unspecified atom stereocenters. The van der Waals surface area contributed by atoms with Gasteiger partial charge in [-0.05, 0) is 36.8 Å². The summed E-state index contributed by atoms with van der Waals surface area (Å²) in [6.45, 7) is 6.66. The average molecular weight is 338 g/mol. The van der Waals surface area contributed by atoms with Crippen molar-refractivity contribution < 1.29 is 9.53 Å². The highest BCUT2D eigenvalue weighted by molar-refractivity contribution is 5.81. The number of imidazole rings is 1. The molecule has 0 saturated heterocycles. The van der Waals surface area contributed by atoms with Crippen LogP contribution >= 0.6 is 0 Å². The third-order valence-corrected chi connectivity index (χ3v) is 4.34. The highest BCUT2D eigenvalue weighted by Gasteiger charge is 2.21. The predicted molar refractivity (Wildman–Crippen MR) is 97.7 cm³/mol.